The van der Waals surface area contributed by atoms with Crippen molar-refractivity contribution in [1.82, 2.24) is 4.90 Å². The number of esters is 1. The van der Waals surface area contributed by atoms with Crippen LogP contribution < -0.4 is 16.0 Å². The molecule has 4 rings (SSSR count). The molecule has 5 N–H and O–H groups in total. The molecule has 3 amide bonds. The van der Waals surface area contributed by atoms with Crippen molar-refractivity contribution in [3.63, 3.8) is 0 Å². The number of nitrogens with zero attached hydrogens (tertiary/aromatic N) is 1. The molecule has 2 unspecified atom stereocenters. The maximum absolute atomic E-state index is 12.8. The highest BCUT2D eigenvalue weighted by Gasteiger charge is 2.39. The van der Waals surface area contributed by atoms with Crippen LogP contribution in [-0.4, -0.2) is 78.6 Å². The first-order valence-corrected chi connectivity index (χ1v) is 15.8. The van der Waals surface area contributed by atoms with Gasteiger partial charge in [0.25, 0.3) is 10.1 Å². The second-order valence-corrected chi connectivity index (χ2v) is 12.7. The molecule has 0 aromatic heterocycles. The number of amides is 3. The number of likely N-dealkylation sites (tertiary alicyclic amines) is 1. The lowest BCUT2D eigenvalue weighted by Gasteiger charge is -2.16. The Bertz CT molecular complexity index is 1560. The molecule has 1 aliphatic carbocycles. The van der Waals surface area contributed by atoms with Crippen molar-refractivity contribution in [2.45, 2.75) is 48.7 Å². The van der Waals surface area contributed by atoms with E-state index < -0.39 is 33.2 Å². The Morgan fingerprint density at radius 1 is 1.19 bits per heavy atom. The highest BCUT2D eigenvalue weighted by Crippen LogP contribution is 2.48. The van der Waals surface area contributed by atoms with Gasteiger partial charge in [0.2, 0.25) is 23.6 Å². The zero-order chi connectivity index (χ0) is 30.6. The van der Waals surface area contributed by atoms with Gasteiger partial charge in [0.15, 0.2) is 0 Å². The average molecular weight is 618 g/mol. The number of carbonyl (C=O) groups excluding carboxylic acids is 4. The first-order chi connectivity index (χ1) is 19.9. The lowest BCUT2D eigenvalue weighted by molar-refractivity contribution is -0.422. The van der Waals surface area contributed by atoms with Crippen LogP contribution in [0.3, 0.4) is 0 Å². The number of rotatable bonds is 12. The number of ether oxygens (including phenoxy) is 1. The molecule has 2 aromatic carbocycles. The van der Waals surface area contributed by atoms with E-state index in [9.17, 15) is 32.1 Å². The molecule has 1 aliphatic heterocycles. The Morgan fingerprint density at radius 2 is 1.95 bits per heavy atom. The Labute approximate surface area is 247 Å². The maximum Gasteiger partial charge on any atom is 0.302 e. The zero-order valence-corrected chi connectivity index (χ0v) is 24.8. The van der Waals surface area contributed by atoms with E-state index in [1.54, 1.807) is 31.3 Å². The van der Waals surface area contributed by atoms with Crippen molar-refractivity contribution in [2.24, 2.45) is 5.73 Å². The normalized spacial score (nSPS) is 18.2. The zero-order valence-electron chi connectivity index (χ0n) is 23.2. The third-order valence-corrected chi connectivity index (χ3v) is 9.33. The summed E-state index contributed by atoms with van der Waals surface area (Å²) in [6, 6.07) is 9.37. The number of fused-ring (bicyclic) bond motifs is 3. The SMILES string of the molecule is C[NH+]=C(N)CCCSC1CC(=O)N(CCC(=O)Nc2ccc3c(c2)C(COC(C)=O)c2cccc(S(=O)(=O)O)c2-3)C1=O. The molecule has 2 aromatic rings. The minimum Gasteiger partial charge on any atom is -0.465 e. The second kappa shape index (κ2) is 13.0. The Balaban J connectivity index is 1.42. The quantitative estimate of drug-likeness (QED) is 0.0658. The minimum atomic E-state index is -4.54. The van der Waals surface area contributed by atoms with Gasteiger partial charge < -0.3 is 10.1 Å². The van der Waals surface area contributed by atoms with E-state index in [1.165, 1.54) is 30.8 Å². The molecule has 0 radical (unpaired) electrons. The Morgan fingerprint density at radius 3 is 2.64 bits per heavy atom. The van der Waals surface area contributed by atoms with Crippen molar-refractivity contribution < 1.29 is 41.9 Å². The predicted molar refractivity (Wildman–Crippen MR) is 156 cm³/mol. The van der Waals surface area contributed by atoms with Gasteiger partial charge in [0, 0.05) is 49.9 Å². The van der Waals surface area contributed by atoms with Gasteiger partial charge in [0.05, 0.1) is 12.3 Å². The molecular formula is C28H33N4O8S2+. The molecule has 0 saturated carbocycles. The topological polar surface area (TPSA) is 187 Å². The van der Waals surface area contributed by atoms with Crippen LogP contribution in [0.15, 0.2) is 41.3 Å². The molecular weight excluding hydrogens is 584 g/mol. The summed E-state index contributed by atoms with van der Waals surface area (Å²) in [5.41, 5.74) is 8.15. The predicted octanol–water partition coefficient (Wildman–Crippen LogP) is 0.646. The van der Waals surface area contributed by atoms with Crippen LogP contribution in [-0.2, 0) is 34.0 Å². The van der Waals surface area contributed by atoms with Crippen LogP contribution in [0.1, 0.15) is 49.7 Å². The first-order valence-electron chi connectivity index (χ1n) is 13.3. The van der Waals surface area contributed by atoms with Crippen molar-refractivity contribution in [3.8, 4) is 11.1 Å². The summed E-state index contributed by atoms with van der Waals surface area (Å²) in [4.78, 5) is 53.3. The van der Waals surface area contributed by atoms with Gasteiger partial charge in [-0.05, 0) is 47.1 Å². The van der Waals surface area contributed by atoms with Gasteiger partial charge in [0.1, 0.15) is 11.5 Å². The van der Waals surface area contributed by atoms with Crippen LogP contribution >= 0.6 is 11.8 Å². The fourth-order valence-electron chi connectivity index (χ4n) is 5.11. The van der Waals surface area contributed by atoms with E-state index in [-0.39, 0.29) is 42.7 Å². The summed E-state index contributed by atoms with van der Waals surface area (Å²) in [7, 11) is -2.80. The van der Waals surface area contributed by atoms with Gasteiger partial charge in [-0.3, -0.25) is 39.4 Å². The highest BCUT2D eigenvalue weighted by atomic mass is 32.2. The molecule has 0 spiro atoms. The second-order valence-electron chi connectivity index (χ2n) is 9.98. The number of hydrogen-bond acceptors (Lipinski definition) is 8. The average Bonchev–Trinajstić information content (AvgIpc) is 3.39. The van der Waals surface area contributed by atoms with E-state index in [0.717, 1.165) is 11.3 Å². The number of thioether (sulfide) groups is 1. The fraction of sp³-hybridized carbons (Fsp3) is 0.393. The summed E-state index contributed by atoms with van der Waals surface area (Å²) in [5.74, 6) is -0.745. The third kappa shape index (κ3) is 6.99. The van der Waals surface area contributed by atoms with Crippen molar-refractivity contribution >= 4 is 57.1 Å². The largest absolute Gasteiger partial charge is 0.465 e. The van der Waals surface area contributed by atoms with Gasteiger partial charge >= 0.3 is 5.97 Å². The maximum atomic E-state index is 12.8. The fourth-order valence-corrected chi connectivity index (χ4v) is 6.98. The van der Waals surface area contributed by atoms with Crippen molar-refractivity contribution in [3.05, 3.63) is 47.5 Å². The number of nitrogens with one attached hydrogen (secondary N) is 2. The number of imide groups is 1. The van der Waals surface area contributed by atoms with Gasteiger partial charge in [-0.25, -0.2) is 0 Å². The molecule has 0 bridgehead atoms. The lowest BCUT2D eigenvalue weighted by atomic mass is 9.97. The van der Waals surface area contributed by atoms with E-state index >= 15 is 0 Å². The van der Waals surface area contributed by atoms with Crippen LogP contribution in [0, 0.1) is 0 Å². The van der Waals surface area contributed by atoms with Crippen molar-refractivity contribution in [2.75, 3.05) is 31.3 Å². The van der Waals surface area contributed by atoms with Crippen LogP contribution in [0.2, 0.25) is 0 Å². The molecule has 12 nitrogen and oxygen atoms in total. The summed E-state index contributed by atoms with van der Waals surface area (Å²) in [6.45, 7) is 1.14. The standard InChI is InChI=1S/C28H32N4O8S2/c1-16(33)40-15-21-18-5-3-6-23(42(37,38)39)27(18)19-9-8-17(13-20(19)21)31-25(34)10-11-32-26(35)14-22(28(32)36)41-12-4-7-24(29)30-2/h3,5-6,8-9,13,21-22H,4,7,10-12,14-15H2,1-2H3,(H2,29,30)(H,31,34)(H,37,38,39)/p+1. The summed E-state index contributed by atoms with van der Waals surface area (Å²) in [5, 5.41) is 2.29. The molecule has 1 fully saturated rings. The number of benzene rings is 2. The van der Waals surface area contributed by atoms with Gasteiger partial charge in [-0.1, -0.05) is 18.2 Å². The molecule has 42 heavy (non-hydrogen) atoms. The highest BCUT2D eigenvalue weighted by molar-refractivity contribution is 8.00. The van der Waals surface area contributed by atoms with Crippen molar-refractivity contribution in [1.29, 1.82) is 0 Å². The van der Waals surface area contributed by atoms with E-state index in [1.807, 2.05) is 0 Å². The van der Waals surface area contributed by atoms with E-state index in [0.29, 0.717) is 46.0 Å². The Kier molecular flexibility index (Phi) is 9.69. The molecule has 2 aliphatic rings. The smallest absolute Gasteiger partial charge is 0.302 e. The van der Waals surface area contributed by atoms with Crippen LogP contribution in [0.25, 0.3) is 11.1 Å². The molecule has 2 atom stereocenters. The number of hydrogen-bond donors (Lipinski definition) is 4. The summed E-state index contributed by atoms with van der Waals surface area (Å²) < 4.78 is 39.2. The van der Waals surface area contributed by atoms with E-state index in [2.05, 4.69) is 10.3 Å². The Hall–Kier alpha value is -3.75. The lowest BCUT2D eigenvalue weighted by Crippen LogP contribution is -2.70. The number of nitrogens with two attached hydrogens (primary N) is 1. The third-order valence-electron chi connectivity index (χ3n) is 7.14. The molecule has 224 valence electrons. The molecule has 14 heteroatoms. The van der Waals surface area contributed by atoms with Gasteiger partial charge in [-0.15, -0.1) is 11.8 Å². The van der Waals surface area contributed by atoms with Gasteiger partial charge in [-0.2, -0.15) is 8.42 Å². The monoisotopic (exact) mass is 617 g/mol. The van der Waals surface area contributed by atoms with Crippen LogP contribution in [0.4, 0.5) is 5.69 Å². The molecule has 1 heterocycles. The first kappa shape index (κ1) is 31.2. The summed E-state index contributed by atoms with van der Waals surface area (Å²) >= 11 is 1.41. The van der Waals surface area contributed by atoms with Crippen LogP contribution in [0.5, 0.6) is 0 Å². The van der Waals surface area contributed by atoms with E-state index in [4.69, 9.17) is 10.5 Å². The minimum absolute atomic E-state index is 0.0514. The number of amidine groups is 1. The summed E-state index contributed by atoms with van der Waals surface area (Å²) in [6.07, 6.45) is 1.42. The number of anilines is 1. The number of carbonyl (C=O) groups is 4. The molecule has 1 saturated heterocycles.